The predicted molar refractivity (Wildman–Crippen MR) is 131 cm³/mol. The minimum Gasteiger partial charge on any atom is -0.497 e. The van der Waals surface area contributed by atoms with Crippen molar-refractivity contribution in [3.8, 4) is 11.5 Å². The monoisotopic (exact) mass is 434 g/mol. The first-order valence-electron chi connectivity index (χ1n) is 10.7. The second kappa shape index (κ2) is 10.6. The highest BCUT2D eigenvalue weighted by atomic mass is 31.1. The summed E-state index contributed by atoms with van der Waals surface area (Å²) in [5, 5.41) is 0.953. The lowest BCUT2D eigenvalue weighted by molar-refractivity contribution is 0.112. The van der Waals surface area contributed by atoms with Crippen LogP contribution in [0.15, 0.2) is 66.7 Å². The fraction of sp³-hybridized carbons (Fsp3) is 0.296. The third-order valence-corrected chi connectivity index (χ3v) is 8.03. The molecular weight excluding hydrogens is 403 g/mol. The van der Waals surface area contributed by atoms with E-state index in [1.165, 1.54) is 0 Å². The van der Waals surface area contributed by atoms with Crippen molar-refractivity contribution in [2.75, 3.05) is 7.11 Å². The molecule has 0 aliphatic heterocycles. The van der Waals surface area contributed by atoms with Crippen LogP contribution in [0.5, 0.6) is 11.5 Å². The molecule has 0 fully saturated rings. The van der Waals surface area contributed by atoms with Gasteiger partial charge in [-0.25, -0.2) is 0 Å². The summed E-state index contributed by atoms with van der Waals surface area (Å²) in [6, 6.07) is 22.4. The van der Waals surface area contributed by atoms with Gasteiger partial charge < -0.3 is 9.47 Å². The van der Waals surface area contributed by atoms with Crippen molar-refractivity contribution < 1.29 is 14.3 Å². The Bertz CT molecular complexity index is 1010. The van der Waals surface area contributed by atoms with Crippen LogP contribution in [0.25, 0.3) is 0 Å². The van der Waals surface area contributed by atoms with Gasteiger partial charge in [-0.3, -0.25) is 4.79 Å². The van der Waals surface area contributed by atoms with Crippen molar-refractivity contribution in [3.63, 3.8) is 0 Å². The lowest BCUT2D eigenvalue weighted by Crippen LogP contribution is -2.24. The fourth-order valence-corrected chi connectivity index (χ4v) is 5.54. The number of carbonyl (C=O) groups excluding carboxylic acids is 1. The first-order valence-corrected chi connectivity index (χ1v) is 11.7. The molecule has 3 rings (SSSR count). The van der Waals surface area contributed by atoms with Gasteiger partial charge in [0.15, 0.2) is 6.29 Å². The first kappa shape index (κ1) is 23.0. The molecule has 0 heterocycles. The number of methoxy groups -OCH3 is 1. The third kappa shape index (κ3) is 5.35. The highest BCUT2D eigenvalue weighted by molar-refractivity contribution is 7.48. The molecule has 0 bridgehead atoms. The van der Waals surface area contributed by atoms with Gasteiger partial charge in [-0.1, -0.05) is 70.5 Å². The summed E-state index contributed by atoms with van der Waals surface area (Å²) in [7, 11) is 2.13. The highest BCUT2D eigenvalue weighted by Crippen LogP contribution is 2.51. The van der Waals surface area contributed by atoms with E-state index in [-0.39, 0.29) is 5.16 Å². The zero-order valence-electron chi connectivity index (χ0n) is 18.8. The van der Waals surface area contributed by atoms with Crippen molar-refractivity contribution in [1.82, 2.24) is 0 Å². The molecule has 4 heteroatoms. The van der Waals surface area contributed by atoms with Crippen LogP contribution in [0, 0.1) is 6.92 Å². The predicted octanol–water partition coefficient (Wildman–Crippen LogP) is 6.41. The lowest BCUT2D eigenvalue weighted by Gasteiger charge is -2.35. The topological polar surface area (TPSA) is 35.5 Å². The van der Waals surface area contributed by atoms with Crippen molar-refractivity contribution in [1.29, 1.82) is 0 Å². The minimum atomic E-state index is -0.145. The number of hydrogen-bond donors (Lipinski definition) is 0. The van der Waals surface area contributed by atoms with Crippen LogP contribution in [0.4, 0.5) is 0 Å². The molecule has 3 aromatic rings. The molecule has 162 valence electrons. The molecule has 0 spiro atoms. The van der Waals surface area contributed by atoms with Gasteiger partial charge in [0.05, 0.1) is 7.11 Å². The van der Waals surface area contributed by atoms with E-state index in [9.17, 15) is 4.79 Å². The van der Waals surface area contributed by atoms with Crippen molar-refractivity contribution >= 4 is 20.2 Å². The van der Waals surface area contributed by atoms with Crippen LogP contribution in [0.2, 0.25) is 0 Å². The summed E-state index contributed by atoms with van der Waals surface area (Å²) < 4.78 is 11.9. The van der Waals surface area contributed by atoms with Gasteiger partial charge in [-0.2, -0.15) is 0 Å². The molecule has 0 radical (unpaired) electrons. The van der Waals surface area contributed by atoms with Gasteiger partial charge in [0.1, 0.15) is 18.1 Å². The maximum absolute atomic E-state index is 11.8. The largest absolute Gasteiger partial charge is 0.497 e. The van der Waals surface area contributed by atoms with Crippen molar-refractivity contribution in [2.24, 2.45) is 0 Å². The number of aldehydes is 1. The van der Waals surface area contributed by atoms with E-state index < -0.39 is 0 Å². The van der Waals surface area contributed by atoms with Crippen LogP contribution in [-0.2, 0) is 11.8 Å². The van der Waals surface area contributed by atoms with Crippen LogP contribution < -0.4 is 14.8 Å². The molecule has 1 atom stereocenters. The second-order valence-corrected chi connectivity index (χ2v) is 9.50. The average molecular weight is 435 g/mol. The summed E-state index contributed by atoms with van der Waals surface area (Å²) in [6.45, 7) is 6.96. The Morgan fingerprint density at radius 2 is 1.71 bits per heavy atom. The molecular formula is C27H31O3P. The summed E-state index contributed by atoms with van der Waals surface area (Å²) in [5.41, 5.74) is 4.15. The van der Waals surface area contributed by atoms with Crippen LogP contribution in [0.3, 0.4) is 0 Å². The smallest absolute Gasteiger partial charge is 0.150 e. The first-order chi connectivity index (χ1) is 15.0. The SMILES string of the molecule is CCC(CC)(Pc1ccc(C)cc1C=O)c1cc(OC)ccc1OCc1ccccc1. The fourth-order valence-electron chi connectivity index (χ4n) is 3.90. The number of aryl methyl sites for hydroxylation is 1. The maximum Gasteiger partial charge on any atom is 0.150 e. The van der Waals surface area contributed by atoms with Crippen LogP contribution in [0.1, 0.15) is 53.7 Å². The van der Waals surface area contributed by atoms with Gasteiger partial charge in [-0.05, 0) is 54.9 Å². The van der Waals surface area contributed by atoms with Gasteiger partial charge in [0, 0.05) is 16.3 Å². The van der Waals surface area contributed by atoms with E-state index in [4.69, 9.17) is 9.47 Å². The van der Waals surface area contributed by atoms with Gasteiger partial charge in [-0.15, -0.1) is 0 Å². The third-order valence-electron chi connectivity index (χ3n) is 5.85. The number of carbonyl (C=O) groups is 1. The second-order valence-electron chi connectivity index (χ2n) is 7.76. The molecule has 0 amide bonds. The Hall–Kier alpha value is -2.64. The van der Waals surface area contributed by atoms with Gasteiger partial charge >= 0.3 is 0 Å². The van der Waals surface area contributed by atoms with Crippen LogP contribution in [-0.4, -0.2) is 13.4 Å². The minimum absolute atomic E-state index is 0.145. The highest BCUT2D eigenvalue weighted by Gasteiger charge is 2.33. The number of ether oxygens (including phenoxy) is 2. The zero-order valence-corrected chi connectivity index (χ0v) is 19.8. The molecule has 0 saturated carbocycles. The summed E-state index contributed by atoms with van der Waals surface area (Å²) >= 11 is 0. The standard InChI is InChI=1S/C27H31O3P/c1-5-27(6-2,31-26-15-12-20(3)16-22(26)18-28)24-17-23(29-4)13-14-25(24)30-19-21-10-8-7-9-11-21/h7-18,31H,5-6,19H2,1-4H3. The quantitative estimate of drug-likeness (QED) is 0.273. The van der Waals surface area contributed by atoms with E-state index in [0.29, 0.717) is 15.2 Å². The number of hydrogen-bond acceptors (Lipinski definition) is 3. The summed E-state index contributed by atoms with van der Waals surface area (Å²) in [4.78, 5) is 11.8. The molecule has 0 aromatic heterocycles. The molecule has 31 heavy (non-hydrogen) atoms. The van der Waals surface area contributed by atoms with Crippen LogP contribution >= 0.6 is 8.58 Å². The molecule has 0 aliphatic rings. The van der Waals surface area contributed by atoms with E-state index in [2.05, 4.69) is 44.2 Å². The number of benzene rings is 3. The zero-order chi connectivity index (χ0) is 22.3. The molecule has 1 unspecified atom stereocenters. The molecule has 0 N–H and O–H groups in total. The average Bonchev–Trinajstić information content (AvgIpc) is 2.82. The Morgan fingerprint density at radius 1 is 0.968 bits per heavy atom. The van der Waals surface area contributed by atoms with E-state index >= 15 is 0 Å². The lowest BCUT2D eigenvalue weighted by atomic mass is 9.91. The van der Waals surface area contributed by atoms with Crippen molar-refractivity contribution in [2.45, 2.75) is 45.4 Å². The Morgan fingerprint density at radius 3 is 2.35 bits per heavy atom. The van der Waals surface area contributed by atoms with Gasteiger partial charge in [0.25, 0.3) is 0 Å². The molecule has 3 aromatic carbocycles. The van der Waals surface area contributed by atoms with E-state index in [1.807, 2.05) is 43.3 Å². The normalized spacial score (nSPS) is 11.6. The van der Waals surface area contributed by atoms with E-state index in [1.54, 1.807) is 7.11 Å². The van der Waals surface area contributed by atoms with E-state index in [0.717, 1.165) is 58.2 Å². The molecule has 3 nitrogen and oxygen atoms in total. The molecule has 0 aliphatic carbocycles. The van der Waals surface area contributed by atoms with Crippen molar-refractivity contribution in [3.05, 3.63) is 89.0 Å². The summed E-state index contributed by atoms with van der Waals surface area (Å²) in [6.07, 6.45) is 2.84. The summed E-state index contributed by atoms with van der Waals surface area (Å²) in [5.74, 6) is 1.69. The van der Waals surface area contributed by atoms with Gasteiger partial charge in [0.2, 0.25) is 0 Å². The maximum atomic E-state index is 11.8. The number of rotatable bonds is 10. The Labute approximate surface area is 187 Å². The Kier molecular flexibility index (Phi) is 7.87. The molecule has 0 saturated heterocycles. The Balaban J connectivity index is 2.03.